The fourth-order valence-corrected chi connectivity index (χ4v) is 2.01. The van der Waals surface area contributed by atoms with Gasteiger partial charge in [0.1, 0.15) is 0 Å². The zero-order valence-corrected chi connectivity index (χ0v) is 9.73. The Kier molecular flexibility index (Phi) is 2.92. The second-order valence-corrected chi connectivity index (χ2v) is 4.68. The highest BCUT2D eigenvalue weighted by Crippen LogP contribution is 2.19. The monoisotopic (exact) mass is 219 g/mol. The summed E-state index contributed by atoms with van der Waals surface area (Å²) in [5.41, 5.74) is 0.587. The van der Waals surface area contributed by atoms with E-state index in [-0.39, 0.29) is 11.4 Å². The minimum absolute atomic E-state index is 0.0916. The highest BCUT2D eigenvalue weighted by atomic mass is 16.2. The molecular formula is C12H17N3O. The smallest absolute Gasteiger partial charge is 0.254 e. The molecule has 86 valence electrons. The van der Waals surface area contributed by atoms with Crippen LogP contribution in [0.4, 0.5) is 0 Å². The first-order chi connectivity index (χ1) is 7.61. The van der Waals surface area contributed by atoms with E-state index in [9.17, 15) is 4.79 Å². The van der Waals surface area contributed by atoms with Gasteiger partial charge in [0.25, 0.3) is 5.91 Å². The molecule has 2 heterocycles. The molecule has 0 aliphatic carbocycles. The molecule has 0 saturated carbocycles. The van der Waals surface area contributed by atoms with Gasteiger partial charge in [-0.15, -0.1) is 0 Å². The van der Waals surface area contributed by atoms with Crippen LogP contribution < -0.4 is 5.32 Å². The average molecular weight is 219 g/mol. The van der Waals surface area contributed by atoms with Crippen LogP contribution in [0.5, 0.6) is 0 Å². The zero-order valence-electron chi connectivity index (χ0n) is 9.73. The molecule has 4 heteroatoms. The van der Waals surface area contributed by atoms with E-state index in [4.69, 9.17) is 0 Å². The third-order valence-electron chi connectivity index (χ3n) is 2.97. The third-order valence-corrected chi connectivity index (χ3v) is 2.97. The molecule has 0 unspecified atom stereocenters. The largest absolute Gasteiger partial charge is 0.331 e. The summed E-state index contributed by atoms with van der Waals surface area (Å²) in [4.78, 5) is 18.1. The van der Waals surface area contributed by atoms with Crippen LogP contribution in [0.25, 0.3) is 0 Å². The summed E-state index contributed by atoms with van der Waals surface area (Å²) in [5.74, 6) is 0.0916. The first-order valence-electron chi connectivity index (χ1n) is 5.54. The van der Waals surface area contributed by atoms with Gasteiger partial charge in [-0.25, -0.2) is 0 Å². The number of piperazine rings is 1. The number of carbonyl (C=O) groups is 1. The van der Waals surface area contributed by atoms with Gasteiger partial charge in [0.2, 0.25) is 0 Å². The van der Waals surface area contributed by atoms with Gasteiger partial charge >= 0.3 is 0 Å². The van der Waals surface area contributed by atoms with Gasteiger partial charge in [0.05, 0.1) is 5.54 Å². The Bertz CT molecular complexity index is 375. The Morgan fingerprint density at radius 2 is 2.12 bits per heavy atom. The molecule has 1 saturated heterocycles. The number of carbonyl (C=O) groups excluding carboxylic acids is 1. The lowest BCUT2D eigenvalue weighted by Crippen LogP contribution is -2.59. The number of nitrogens with one attached hydrogen (secondary N) is 1. The standard InChI is InChI=1S/C12H17N3O/c1-12(2)9-14-7-8-15(12)11(16)10-3-5-13-6-4-10/h3-6,14H,7-9H2,1-2H3. The Balaban J connectivity index is 2.21. The fraction of sp³-hybridized carbons (Fsp3) is 0.500. The van der Waals surface area contributed by atoms with E-state index in [1.54, 1.807) is 24.5 Å². The van der Waals surface area contributed by atoms with Gasteiger partial charge in [-0.3, -0.25) is 9.78 Å². The molecule has 1 aromatic heterocycles. The van der Waals surface area contributed by atoms with Crippen LogP contribution in [0.2, 0.25) is 0 Å². The molecule has 0 radical (unpaired) electrons. The number of pyridine rings is 1. The van der Waals surface area contributed by atoms with Crippen LogP contribution in [-0.2, 0) is 0 Å². The summed E-state index contributed by atoms with van der Waals surface area (Å²) in [6, 6.07) is 3.53. The molecule has 0 atom stereocenters. The second-order valence-electron chi connectivity index (χ2n) is 4.68. The van der Waals surface area contributed by atoms with Crippen molar-refractivity contribution in [2.75, 3.05) is 19.6 Å². The maximum absolute atomic E-state index is 12.3. The number of hydrogen-bond acceptors (Lipinski definition) is 3. The van der Waals surface area contributed by atoms with Gasteiger partial charge in [-0.05, 0) is 26.0 Å². The number of nitrogens with zero attached hydrogens (tertiary/aromatic N) is 2. The lowest BCUT2D eigenvalue weighted by molar-refractivity contribution is 0.0477. The average Bonchev–Trinajstić information content (AvgIpc) is 2.29. The van der Waals surface area contributed by atoms with E-state index in [0.717, 1.165) is 19.6 Å². The van der Waals surface area contributed by atoms with Crippen molar-refractivity contribution in [2.24, 2.45) is 0 Å². The number of amides is 1. The first-order valence-corrected chi connectivity index (χ1v) is 5.54. The highest BCUT2D eigenvalue weighted by Gasteiger charge is 2.33. The third kappa shape index (κ3) is 2.07. The molecule has 1 aliphatic heterocycles. The normalized spacial score (nSPS) is 19.5. The van der Waals surface area contributed by atoms with E-state index in [1.807, 2.05) is 4.90 Å². The summed E-state index contributed by atoms with van der Waals surface area (Å²) >= 11 is 0. The second kappa shape index (κ2) is 4.22. The molecule has 16 heavy (non-hydrogen) atoms. The van der Waals surface area contributed by atoms with E-state index in [1.165, 1.54) is 0 Å². The molecule has 0 bridgehead atoms. The van der Waals surface area contributed by atoms with Crippen molar-refractivity contribution in [1.29, 1.82) is 0 Å². The van der Waals surface area contributed by atoms with Crippen molar-refractivity contribution in [3.63, 3.8) is 0 Å². The molecule has 1 fully saturated rings. The lowest BCUT2D eigenvalue weighted by atomic mass is 9.99. The predicted octanol–water partition coefficient (Wildman–Crippen LogP) is 0.906. The molecule has 2 rings (SSSR count). The number of aromatic nitrogens is 1. The van der Waals surface area contributed by atoms with Crippen LogP contribution in [-0.4, -0.2) is 41.0 Å². The van der Waals surface area contributed by atoms with Crippen molar-refractivity contribution in [3.8, 4) is 0 Å². The van der Waals surface area contributed by atoms with Crippen molar-refractivity contribution >= 4 is 5.91 Å². The topological polar surface area (TPSA) is 45.2 Å². The molecule has 0 spiro atoms. The molecule has 1 amide bonds. The van der Waals surface area contributed by atoms with Gasteiger partial charge in [-0.1, -0.05) is 0 Å². The first kappa shape index (κ1) is 11.1. The van der Waals surface area contributed by atoms with Crippen molar-refractivity contribution < 1.29 is 4.79 Å². The Labute approximate surface area is 95.7 Å². The van der Waals surface area contributed by atoms with Crippen LogP contribution in [0.15, 0.2) is 24.5 Å². The maximum atomic E-state index is 12.3. The van der Waals surface area contributed by atoms with Gasteiger partial charge in [0, 0.05) is 37.6 Å². The molecule has 1 aromatic rings. The van der Waals surface area contributed by atoms with Crippen LogP contribution in [0, 0.1) is 0 Å². The molecule has 1 N–H and O–H groups in total. The van der Waals surface area contributed by atoms with E-state index >= 15 is 0 Å². The summed E-state index contributed by atoms with van der Waals surface area (Å²) < 4.78 is 0. The fourth-order valence-electron chi connectivity index (χ4n) is 2.01. The van der Waals surface area contributed by atoms with Crippen LogP contribution in [0.3, 0.4) is 0 Å². The Morgan fingerprint density at radius 1 is 1.44 bits per heavy atom. The Morgan fingerprint density at radius 3 is 2.75 bits per heavy atom. The summed E-state index contributed by atoms with van der Waals surface area (Å²) in [7, 11) is 0. The molecule has 1 aliphatic rings. The summed E-state index contributed by atoms with van der Waals surface area (Å²) in [5, 5.41) is 3.31. The number of hydrogen-bond donors (Lipinski definition) is 1. The predicted molar refractivity (Wildman–Crippen MR) is 62.2 cm³/mol. The SMILES string of the molecule is CC1(C)CNCCN1C(=O)c1ccncc1. The van der Waals surface area contributed by atoms with Gasteiger partial charge < -0.3 is 10.2 Å². The van der Waals surface area contributed by atoms with Crippen molar-refractivity contribution in [3.05, 3.63) is 30.1 Å². The quantitative estimate of drug-likeness (QED) is 0.763. The van der Waals surface area contributed by atoms with Gasteiger partial charge in [0.15, 0.2) is 0 Å². The molecule has 4 nitrogen and oxygen atoms in total. The number of rotatable bonds is 1. The Hall–Kier alpha value is -1.42. The maximum Gasteiger partial charge on any atom is 0.254 e. The molecule has 0 aromatic carbocycles. The van der Waals surface area contributed by atoms with E-state index < -0.39 is 0 Å². The van der Waals surface area contributed by atoms with Crippen molar-refractivity contribution in [1.82, 2.24) is 15.2 Å². The van der Waals surface area contributed by atoms with Crippen LogP contribution in [0.1, 0.15) is 24.2 Å². The lowest BCUT2D eigenvalue weighted by Gasteiger charge is -2.42. The zero-order chi connectivity index (χ0) is 11.6. The van der Waals surface area contributed by atoms with Crippen LogP contribution >= 0.6 is 0 Å². The highest BCUT2D eigenvalue weighted by molar-refractivity contribution is 5.94. The summed E-state index contributed by atoms with van der Waals surface area (Å²) in [6.45, 7) is 6.62. The minimum Gasteiger partial charge on any atom is -0.331 e. The minimum atomic E-state index is -0.126. The van der Waals surface area contributed by atoms with Crippen molar-refractivity contribution in [2.45, 2.75) is 19.4 Å². The van der Waals surface area contributed by atoms with E-state index in [2.05, 4.69) is 24.1 Å². The van der Waals surface area contributed by atoms with E-state index in [0.29, 0.717) is 5.56 Å². The summed E-state index contributed by atoms with van der Waals surface area (Å²) in [6.07, 6.45) is 3.31. The molecular weight excluding hydrogens is 202 g/mol. The van der Waals surface area contributed by atoms with Gasteiger partial charge in [-0.2, -0.15) is 0 Å².